The van der Waals surface area contributed by atoms with Gasteiger partial charge in [-0.05, 0) is 83.4 Å². The predicted octanol–water partition coefficient (Wildman–Crippen LogP) is 13.2. The molecule has 216 valence electrons. The summed E-state index contributed by atoms with van der Waals surface area (Å²) in [5, 5.41) is 10.5. The molecule has 1 aliphatic carbocycles. The van der Waals surface area contributed by atoms with Crippen molar-refractivity contribution in [1.29, 1.82) is 0 Å². The largest absolute Gasteiger partial charge is 0.135 e. The molecule has 1 heterocycles. The van der Waals surface area contributed by atoms with E-state index >= 15 is 0 Å². The number of fused-ring (bicyclic) bond motifs is 9. The molecule has 0 amide bonds. The Bertz CT molecular complexity index is 2660. The van der Waals surface area contributed by atoms with E-state index in [0.29, 0.717) is 0 Å². The Kier molecular flexibility index (Phi) is 5.31. The second-order valence-electron chi connectivity index (χ2n) is 13.2. The maximum Gasteiger partial charge on any atom is 0.0434 e. The van der Waals surface area contributed by atoms with Crippen LogP contribution in [0.2, 0.25) is 0 Å². The van der Waals surface area contributed by atoms with Crippen molar-refractivity contribution in [2.24, 2.45) is 0 Å². The summed E-state index contributed by atoms with van der Waals surface area (Å²) in [6, 6.07) is 54.5. The van der Waals surface area contributed by atoms with Crippen LogP contribution in [0.4, 0.5) is 0 Å². The molecule has 0 radical (unpaired) electrons. The van der Waals surface area contributed by atoms with Crippen molar-refractivity contribution in [3.8, 4) is 33.4 Å². The first-order chi connectivity index (χ1) is 22.6. The predicted molar refractivity (Wildman–Crippen MR) is 200 cm³/mol. The lowest BCUT2D eigenvalue weighted by atomic mass is 9.80. The van der Waals surface area contributed by atoms with Crippen LogP contribution in [0, 0.1) is 0 Å². The van der Waals surface area contributed by atoms with Crippen LogP contribution in [0.5, 0.6) is 0 Å². The molecule has 0 N–H and O–H groups in total. The number of hydrogen-bond acceptors (Lipinski definition) is 1. The van der Waals surface area contributed by atoms with E-state index in [4.69, 9.17) is 0 Å². The van der Waals surface area contributed by atoms with Gasteiger partial charge in [-0.2, -0.15) is 0 Å². The zero-order chi connectivity index (χ0) is 30.6. The molecular weight excluding hydrogens is 573 g/mol. The van der Waals surface area contributed by atoms with E-state index in [0.717, 1.165) is 0 Å². The van der Waals surface area contributed by atoms with Gasteiger partial charge in [0.15, 0.2) is 0 Å². The molecule has 0 atom stereocenters. The van der Waals surface area contributed by atoms with Crippen LogP contribution in [-0.2, 0) is 5.41 Å². The molecular formula is C45H30S. The van der Waals surface area contributed by atoms with E-state index in [1.807, 2.05) is 11.3 Å². The first-order valence-corrected chi connectivity index (χ1v) is 16.9. The minimum absolute atomic E-state index is 0.0465. The summed E-state index contributed by atoms with van der Waals surface area (Å²) in [6.07, 6.45) is 0. The molecule has 1 aliphatic rings. The maximum atomic E-state index is 2.38. The fourth-order valence-corrected chi connectivity index (χ4v) is 9.60. The van der Waals surface area contributed by atoms with Crippen LogP contribution in [0.3, 0.4) is 0 Å². The highest BCUT2D eigenvalue weighted by Gasteiger charge is 2.37. The molecule has 0 fully saturated rings. The summed E-state index contributed by atoms with van der Waals surface area (Å²) in [4.78, 5) is 0. The van der Waals surface area contributed by atoms with Crippen LogP contribution in [0.1, 0.15) is 25.0 Å². The summed E-state index contributed by atoms with van der Waals surface area (Å²) in [6.45, 7) is 4.74. The molecule has 8 aromatic carbocycles. The minimum Gasteiger partial charge on any atom is -0.135 e. The third kappa shape index (κ3) is 3.44. The van der Waals surface area contributed by atoms with Crippen LogP contribution in [-0.4, -0.2) is 0 Å². The Morgan fingerprint density at radius 1 is 0.391 bits per heavy atom. The maximum absolute atomic E-state index is 2.38. The van der Waals surface area contributed by atoms with E-state index in [1.165, 1.54) is 97.0 Å². The van der Waals surface area contributed by atoms with Crippen molar-refractivity contribution in [3.05, 3.63) is 157 Å². The van der Waals surface area contributed by atoms with Crippen LogP contribution >= 0.6 is 11.3 Å². The molecule has 10 rings (SSSR count). The molecule has 0 bridgehead atoms. The summed E-state index contributed by atoms with van der Waals surface area (Å²) in [5.41, 5.74) is 10.8. The average Bonchev–Trinajstić information content (AvgIpc) is 3.58. The smallest absolute Gasteiger partial charge is 0.0434 e. The summed E-state index contributed by atoms with van der Waals surface area (Å²) < 4.78 is 2.69. The van der Waals surface area contributed by atoms with Gasteiger partial charge in [-0.1, -0.05) is 147 Å². The molecule has 0 spiro atoms. The van der Waals surface area contributed by atoms with Crippen molar-refractivity contribution >= 4 is 63.8 Å². The second kappa shape index (κ2) is 9.39. The fourth-order valence-electron chi connectivity index (χ4n) is 8.35. The first-order valence-electron chi connectivity index (χ1n) is 16.1. The Labute approximate surface area is 272 Å². The van der Waals surface area contributed by atoms with Gasteiger partial charge in [0.05, 0.1) is 0 Å². The van der Waals surface area contributed by atoms with Crippen molar-refractivity contribution in [2.75, 3.05) is 0 Å². The second-order valence-corrected chi connectivity index (χ2v) is 14.3. The third-order valence-electron chi connectivity index (χ3n) is 10.4. The standard InChI is InChI=1S/C45H30S/c1-45(2)38-23-10-9-19-34(38)43-35(21-12-24-39(43)45)41-29-15-5-7-17-31(29)42(32-18-8-6-16-30(32)41)36-22-11-20-33-37-25-27-13-3-4-14-28(27)26-40(37)46-44(33)36/h3-26H,1-2H3. The van der Waals surface area contributed by atoms with Gasteiger partial charge in [0.1, 0.15) is 0 Å². The van der Waals surface area contributed by atoms with Crippen molar-refractivity contribution in [1.82, 2.24) is 0 Å². The van der Waals surface area contributed by atoms with E-state index in [9.17, 15) is 0 Å². The Morgan fingerprint density at radius 2 is 0.891 bits per heavy atom. The SMILES string of the molecule is CC1(C)c2ccccc2-c2c(-c3c4ccccc4c(-c4cccc5c4sc4cc6ccccc6cc45)c4ccccc34)cccc21. The summed E-state index contributed by atoms with van der Waals surface area (Å²) in [5.74, 6) is 0. The normalized spacial score (nSPS) is 13.6. The Hall–Kier alpha value is -5.24. The topological polar surface area (TPSA) is 0 Å². The average molecular weight is 603 g/mol. The summed E-state index contributed by atoms with van der Waals surface area (Å²) in [7, 11) is 0. The van der Waals surface area contributed by atoms with Crippen LogP contribution < -0.4 is 0 Å². The van der Waals surface area contributed by atoms with Crippen LogP contribution in [0.15, 0.2) is 146 Å². The van der Waals surface area contributed by atoms with E-state index in [2.05, 4.69) is 159 Å². The van der Waals surface area contributed by atoms with E-state index in [-0.39, 0.29) is 5.41 Å². The highest BCUT2D eigenvalue weighted by molar-refractivity contribution is 7.26. The molecule has 0 nitrogen and oxygen atoms in total. The number of hydrogen-bond donors (Lipinski definition) is 0. The Balaban J connectivity index is 1.33. The molecule has 0 aliphatic heterocycles. The Morgan fingerprint density at radius 3 is 1.61 bits per heavy atom. The monoisotopic (exact) mass is 602 g/mol. The van der Waals surface area contributed by atoms with Gasteiger partial charge in [-0.25, -0.2) is 0 Å². The molecule has 0 unspecified atom stereocenters. The summed E-state index contributed by atoms with van der Waals surface area (Å²) >= 11 is 1.92. The zero-order valence-corrected chi connectivity index (χ0v) is 26.6. The lowest BCUT2D eigenvalue weighted by Crippen LogP contribution is -2.14. The molecule has 46 heavy (non-hydrogen) atoms. The lowest BCUT2D eigenvalue weighted by molar-refractivity contribution is 0.660. The van der Waals surface area contributed by atoms with Gasteiger partial charge >= 0.3 is 0 Å². The molecule has 0 saturated heterocycles. The highest BCUT2D eigenvalue weighted by atomic mass is 32.1. The number of thiophene rings is 1. The minimum atomic E-state index is -0.0465. The van der Waals surface area contributed by atoms with E-state index in [1.54, 1.807) is 0 Å². The van der Waals surface area contributed by atoms with Gasteiger partial charge in [0.25, 0.3) is 0 Å². The third-order valence-corrected chi connectivity index (χ3v) is 11.6. The molecule has 9 aromatic rings. The quantitative estimate of drug-likeness (QED) is 0.173. The molecule has 1 aromatic heterocycles. The number of benzene rings is 8. The fraction of sp³-hybridized carbons (Fsp3) is 0.0667. The van der Waals surface area contributed by atoms with Crippen LogP contribution in [0.25, 0.3) is 85.9 Å². The van der Waals surface area contributed by atoms with Crippen molar-refractivity contribution in [2.45, 2.75) is 19.3 Å². The van der Waals surface area contributed by atoms with Gasteiger partial charge in [-0.15, -0.1) is 11.3 Å². The van der Waals surface area contributed by atoms with Gasteiger partial charge in [-0.3, -0.25) is 0 Å². The first kappa shape index (κ1) is 26.0. The number of rotatable bonds is 2. The zero-order valence-electron chi connectivity index (χ0n) is 25.8. The molecule has 0 saturated carbocycles. The van der Waals surface area contributed by atoms with Crippen molar-refractivity contribution < 1.29 is 0 Å². The lowest BCUT2D eigenvalue weighted by Gasteiger charge is -2.22. The van der Waals surface area contributed by atoms with Crippen molar-refractivity contribution in [3.63, 3.8) is 0 Å². The highest BCUT2D eigenvalue weighted by Crippen LogP contribution is 2.55. The van der Waals surface area contributed by atoms with Gasteiger partial charge in [0, 0.05) is 31.2 Å². The van der Waals surface area contributed by atoms with Gasteiger partial charge < -0.3 is 0 Å². The van der Waals surface area contributed by atoms with E-state index < -0.39 is 0 Å². The van der Waals surface area contributed by atoms with Gasteiger partial charge in [0.2, 0.25) is 0 Å². The molecule has 1 heteroatoms.